The fourth-order valence-corrected chi connectivity index (χ4v) is 2.74. The van der Waals surface area contributed by atoms with Crippen molar-refractivity contribution in [3.05, 3.63) is 30.1 Å². The highest BCUT2D eigenvalue weighted by atomic mass is 32.2. The lowest BCUT2D eigenvalue weighted by Gasteiger charge is -2.18. The van der Waals surface area contributed by atoms with Crippen LogP contribution in [0.4, 0.5) is 0 Å². The molecule has 2 heterocycles. The number of benzene rings is 1. The van der Waals surface area contributed by atoms with Crippen molar-refractivity contribution in [1.29, 1.82) is 0 Å². The van der Waals surface area contributed by atoms with Crippen LogP contribution in [0.25, 0.3) is 11.0 Å². The summed E-state index contributed by atoms with van der Waals surface area (Å²) in [4.78, 5) is 16.3. The molecule has 0 radical (unpaired) electrons. The Hall–Kier alpha value is -1.29. The number of carbonyl (C=O) groups is 1. The third-order valence-corrected chi connectivity index (χ3v) is 3.78. The molecule has 2 aromatic rings. The Morgan fingerprint density at radius 2 is 2.27 bits per heavy atom. The van der Waals surface area contributed by atoms with E-state index < -0.39 is 0 Å². The highest BCUT2D eigenvalue weighted by Crippen LogP contribution is 2.34. The third kappa shape index (κ3) is 1.21. The van der Waals surface area contributed by atoms with E-state index in [9.17, 15) is 4.79 Å². The highest BCUT2D eigenvalue weighted by Gasteiger charge is 2.26. The van der Waals surface area contributed by atoms with Gasteiger partial charge >= 0.3 is 0 Å². The molecule has 0 fully saturated rings. The molecular weight excluding hydrogens is 208 g/mol. The van der Waals surface area contributed by atoms with Crippen LogP contribution in [0.5, 0.6) is 0 Å². The van der Waals surface area contributed by atoms with Crippen molar-refractivity contribution in [3.8, 4) is 0 Å². The van der Waals surface area contributed by atoms with Crippen LogP contribution in [0.2, 0.25) is 0 Å². The molecule has 0 spiro atoms. The van der Waals surface area contributed by atoms with Crippen molar-refractivity contribution in [2.24, 2.45) is 0 Å². The van der Waals surface area contributed by atoms with Crippen LogP contribution < -0.4 is 0 Å². The number of fused-ring (bicyclic) bond motifs is 3. The van der Waals surface area contributed by atoms with Gasteiger partial charge in [0.15, 0.2) is 0 Å². The second-order valence-electron chi connectivity index (χ2n) is 3.64. The first-order valence-electron chi connectivity index (χ1n) is 4.89. The van der Waals surface area contributed by atoms with Crippen molar-refractivity contribution in [3.63, 3.8) is 0 Å². The van der Waals surface area contributed by atoms with Crippen LogP contribution >= 0.6 is 11.8 Å². The normalized spacial score (nSPS) is 20.6. The van der Waals surface area contributed by atoms with Gasteiger partial charge < -0.3 is 0 Å². The number of nitrogens with zero attached hydrogens (tertiary/aromatic N) is 2. The predicted molar refractivity (Wildman–Crippen MR) is 61.2 cm³/mol. The van der Waals surface area contributed by atoms with E-state index >= 15 is 0 Å². The molecule has 0 amide bonds. The molecule has 1 aromatic heterocycles. The van der Waals surface area contributed by atoms with Gasteiger partial charge in [-0.05, 0) is 19.1 Å². The van der Waals surface area contributed by atoms with Crippen LogP contribution in [0.15, 0.2) is 24.3 Å². The van der Waals surface area contributed by atoms with Gasteiger partial charge in [-0.25, -0.2) is 4.98 Å². The van der Waals surface area contributed by atoms with Gasteiger partial charge in [-0.15, -0.1) is 11.8 Å². The Morgan fingerprint density at radius 3 is 3.13 bits per heavy atom. The molecule has 4 heteroatoms. The lowest BCUT2D eigenvalue weighted by molar-refractivity contribution is 0.0940. The van der Waals surface area contributed by atoms with Crippen LogP contribution in [-0.4, -0.2) is 21.2 Å². The van der Waals surface area contributed by atoms with Crippen molar-refractivity contribution in [1.82, 2.24) is 9.55 Å². The molecular formula is C11H10N2OS. The van der Waals surface area contributed by atoms with Gasteiger partial charge in [0.2, 0.25) is 5.91 Å². The van der Waals surface area contributed by atoms with E-state index in [1.165, 1.54) is 0 Å². The minimum atomic E-state index is 0.141. The van der Waals surface area contributed by atoms with E-state index in [4.69, 9.17) is 0 Å². The van der Waals surface area contributed by atoms with Crippen LogP contribution in [0.1, 0.15) is 22.8 Å². The standard InChI is InChI=1S/C11H10N2OS/c1-7-11-12-8-4-2-3-5-9(8)13(11)10(14)6-15-7/h2-5,7H,6H2,1H3/t7-/m1/s1. The molecule has 0 bridgehead atoms. The number of hydrogen-bond acceptors (Lipinski definition) is 3. The maximum Gasteiger partial charge on any atom is 0.242 e. The van der Waals surface area contributed by atoms with Gasteiger partial charge in [-0.2, -0.15) is 0 Å². The van der Waals surface area contributed by atoms with Gasteiger partial charge in [-0.1, -0.05) is 12.1 Å². The minimum Gasteiger partial charge on any atom is -0.273 e. The van der Waals surface area contributed by atoms with E-state index in [-0.39, 0.29) is 5.91 Å². The van der Waals surface area contributed by atoms with Crippen LogP contribution in [0, 0.1) is 0 Å². The smallest absolute Gasteiger partial charge is 0.242 e. The molecule has 3 rings (SSSR count). The first-order valence-corrected chi connectivity index (χ1v) is 5.94. The summed E-state index contributed by atoms with van der Waals surface area (Å²) in [5.74, 6) is 1.58. The van der Waals surface area contributed by atoms with Crippen LogP contribution in [-0.2, 0) is 0 Å². The van der Waals surface area contributed by atoms with Crippen LogP contribution in [0.3, 0.4) is 0 Å². The number of hydrogen-bond donors (Lipinski definition) is 0. The topological polar surface area (TPSA) is 34.9 Å². The zero-order valence-electron chi connectivity index (χ0n) is 8.30. The van der Waals surface area contributed by atoms with Gasteiger partial charge in [-0.3, -0.25) is 9.36 Å². The van der Waals surface area contributed by atoms with Gasteiger partial charge in [0.25, 0.3) is 0 Å². The molecule has 1 atom stereocenters. The summed E-state index contributed by atoms with van der Waals surface area (Å²) < 4.78 is 1.76. The summed E-state index contributed by atoms with van der Waals surface area (Å²) in [7, 11) is 0. The molecule has 1 aliphatic heterocycles. The van der Waals surface area contributed by atoms with E-state index in [1.54, 1.807) is 16.3 Å². The fourth-order valence-electron chi connectivity index (χ4n) is 1.91. The molecule has 1 aromatic carbocycles. The van der Waals surface area contributed by atoms with Gasteiger partial charge in [0, 0.05) is 0 Å². The molecule has 3 nitrogen and oxygen atoms in total. The van der Waals surface area contributed by atoms with E-state index in [0.29, 0.717) is 11.0 Å². The first-order chi connectivity index (χ1) is 7.27. The average Bonchev–Trinajstić information content (AvgIpc) is 2.64. The first kappa shape index (κ1) is 8.97. The third-order valence-electron chi connectivity index (χ3n) is 2.66. The SMILES string of the molecule is C[C@H]1SCC(=O)n2c1nc1ccccc12. The summed E-state index contributed by atoms with van der Waals surface area (Å²) in [5.41, 5.74) is 1.85. The molecule has 0 saturated carbocycles. The number of aromatic nitrogens is 2. The number of thioether (sulfide) groups is 1. The number of para-hydroxylation sites is 2. The minimum absolute atomic E-state index is 0.141. The molecule has 0 unspecified atom stereocenters. The monoisotopic (exact) mass is 218 g/mol. The van der Waals surface area contributed by atoms with E-state index in [0.717, 1.165) is 16.9 Å². The summed E-state index contributed by atoms with van der Waals surface area (Å²) in [5, 5.41) is 0.301. The van der Waals surface area contributed by atoms with Gasteiger partial charge in [0.1, 0.15) is 5.82 Å². The maximum absolute atomic E-state index is 11.8. The summed E-state index contributed by atoms with van der Waals surface area (Å²) >= 11 is 1.65. The Balaban J connectivity index is 2.39. The van der Waals surface area contributed by atoms with Crippen molar-refractivity contribution < 1.29 is 4.79 Å². The van der Waals surface area contributed by atoms with E-state index in [2.05, 4.69) is 11.9 Å². The highest BCUT2D eigenvalue weighted by molar-refractivity contribution is 8.00. The summed E-state index contributed by atoms with van der Waals surface area (Å²) in [6.07, 6.45) is 0. The lowest BCUT2D eigenvalue weighted by atomic mass is 10.3. The number of carbonyl (C=O) groups excluding carboxylic acids is 1. The second-order valence-corrected chi connectivity index (χ2v) is 4.97. The molecule has 0 aliphatic carbocycles. The van der Waals surface area contributed by atoms with Crippen molar-refractivity contribution in [2.45, 2.75) is 12.2 Å². The van der Waals surface area contributed by atoms with Crippen molar-refractivity contribution in [2.75, 3.05) is 5.75 Å². The lowest BCUT2D eigenvalue weighted by Crippen LogP contribution is -2.22. The zero-order valence-corrected chi connectivity index (χ0v) is 9.12. The summed E-state index contributed by atoms with van der Waals surface area (Å²) in [6.45, 7) is 2.09. The quantitative estimate of drug-likeness (QED) is 0.681. The number of rotatable bonds is 0. The molecule has 76 valence electrons. The average molecular weight is 218 g/mol. The Kier molecular flexibility index (Phi) is 1.85. The second kappa shape index (κ2) is 3.10. The Labute approximate surface area is 91.5 Å². The molecule has 15 heavy (non-hydrogen) atoms. The zero-order chi connectivity index (χ0) is 10.4. The molecule has 0 N–H and O–H groups in total. The number of imidazole rings is 1. The summed E-state index contributed by atoms with van der Waals surface area (Å²) in [6, 6.07) is 7.79. The van der Waals surface area contributed by atoms with Gasteiger partial charge in [0.05, 0.1) is 22.0 Å². The largest absolute Gasteiger partial charge is 0.273 e. The van der Waals surface area contributed by atoms with E-state index in [1.807, 2.05) is 24.3 Å². The molecule has 0 saturated heterocycles. The Bertz CT molecular complexity index is 547. The maximum atomic E-state index is 11.8. The predicted octanol–water partition coefficient (Wildman–Crippen LogP) is 2.48. The fraction of sp³-hybridized carbons (Fsp3) is 0.273. The van der Waals surface area contributed by atoms with Crippen molar-refractivity contribution >= 4 is 28.7 Å². The Morgan fingerprint density at radius 1 is 1.47 bits per heavy atom. The molecule has 1 aliphatic rings.